The number of nitrogens with zero attached hydrogens (tertiary/aromatic N) is 1. The summed E-state index contributed by atoms with van der Waals surface area (Å²) in [6.45, 7) is 12.1. The lowest BCUT2D eigenvalue weighted by Crippen LogP contribution is -2.41. The number of unbranched alkanes of at least 4 members (excludes halogenated alkanes) is 4. The zero-order valence-corrected chi connectivity index (χ0v) is 33.7. The Bertz CT molecular complexity index is 1930. The number of nitrogens with one attached hydrogen (secondary N) is 1. The van der Waals surface area contributed by atoms with Gasteiger partial charge in [0.05, 0.1) is 13.2 Å². The highest BCUT2D eigenvalue weighted by atomic mass is 32.2. The van der Waals surface area contributed by atoms with Gasteiger partial charge in [-0.1, -0.05) is 61.4 Å². The second kappa shape index (κ2) is 17.3. The van der Waals surface area contributed by atoms with E-state index in [9.17, 15) is 18.0 Å². The molecule has 0 spiro atoms. The molecule has 1 aliphatic carbocycles. The van der Waals surface area contributed by atoms with Crippen LogP contribution in [-0.2, 0) is 41.5 Å². The maximum absolute atomic E-state index is 13.6. The fraction of sp³-hybridized carbons (Fsp3) is 0.535. The number of amides is 2. The molecule has 0 aromatic heterocycles. The summed E-state index contributed by atoms with van der Waals surface area (Å²) in [7, 11) is -4.38. The van der Waals surface area contributed by atoms with Crippen LogP contribution in [0.1, 0.15) is 120 Å². The lowest BCUT2D eigenvalue weighted by Gasteiger charge is -2.32. The van der Waals surface area contributed by atoms with Crippen LogP contribution in [0.2, 0.25) is 0 Å². The second-order valence-electron chi connectivity index (χ2n) is 16.4. The Morgan fingerprint density at radius 3 is 2.45 bits per heavy atom. The van der Waals surface area contributed by atoms with Crippen molar-refractivity contribution < 1.29 is 41.1 Å². The summed E-state index contributed by atoms with van der Waals surface area (Å²) in [5.74, 6) is 0.299. The zero-order valence-electron chi connectivity index (χ0n) is 32.9. The van der Waals surface area contributed by atoms with E-state index in [4.69, 9.17) is 23.1 Å². The monoisotopic (exact) mass is 776 g/mol. The van der Waals surface area contributed by atoms with E-state index >= 15 is 0 Å². The topological polar surface area (TPSA) is 130 Å². The van der Waals surface area contributed by atoms with Crippen LogP contribution in [0.4, 0.5) is 9.59 Å². The van der Waals surface area contributed by atoms with Gasteiger partial charge in [0, 0.05) is 50.3 Å². The summed E-state index contributed by atoms with van der Waals surface area (Å²) in [5.41, 5.74) is 4.41. The van der Waals surface area contributed by atoms with Crippen molar-refractivity contribution in [2.75, 3.05) is 26.3 Å². The van der Waals surface area contributed by atoms with E-state index in [0.29, 0.717) is 44.0 Å². The van der Waals surface area contributed by atoms with Gasteiger partial charge in [-0.05, 0) is 106 Å². The lowest BCUT2D eigenvalue weighted by atomic mass is 9.98. The smallest absolute Gasteiger partial charge is 0.423 e. The van der Waals surface area contributed by atoms with Crippen LogP contribution in [0.25, 0.3) is 11.1 Å². The number of ether oxygens (including phenoxy) is 4. The number of cyclic esters (lactones) is 1. The molecule has 2 aliphatic heterocycles. The summed E-state index contributed by atoms with van der Waals surface area (Å²) in [6, 6.07) is 19.4. The standard InChI is InChI=1S/C43H56N2O9S/c1-42(2,3)44-40(46)54-55(48,49)39-35(31-19-20-31)17-13-18-36(39)32-16-12-15-30(26-32)14-8-11-25-50-24-10-7-6-9-23-45-28-38(52-41(45)47)33-21-22-37-34(27-33)29-51-43(4,5)53-37/h12-13,15-18,21-22,26-27,31,38H,6-11,14,19-20,23-25,28-29H2,1-5H3,(H,44,46)/t38-/m0/s1. The van der Waals surface area contributed by atoms with E-state index in [0.717, 1.165) is 85.8 Å². The normalized spacial score (nSPS) is 18.0. The molecule has 3 aromatic carbocycles. The Labute approximate surface area is 326 Å². The Morgan fingerprint density at radius 2 is 1.69 bits per heavy atom. The molecule has 0 unspecified atom stereocenters. The number of benzene rings is 3. The summed E-state index contributed by atoms with van der Waals surface area (Å²) in [4.78, 5) is 26.9. The number of rotatable bonds is 17. The molecule has 298 valence electrons. The van der Waals surface area contributed by atoms with Gasteiger partial charge in [-0.2, -0.15) is 8.42 Å². The molecule has 2 amide bonds. The maximum Gasteiger partial charge on any atom is 0.423 e. The van der Waals surface area contributed by atoms with Gasteiger partial charge in [0.2, 0.25) is 5.79 Å². The van der Waals surface area contributed by atoms with Crippen LogP contribution in [0.5, 0.6) is 5.75 Å². The Kier molecular flexibility index (Phi) is 12.8. The average molecular weight is 777 g/mol. The van der Waals surface area contributed by atoms with Crippen molar-refractivity contribution in [3.63, 3.8) is 0 Å². The Hall–Kier alpha value is -4.13. The van der Waals surface area contributed by atoms with E-state index in [1.165, 1.54) is 0 Å². The van der Waals surface area contributed by atoms with Crippen LogP contribution < -0.4 is 10.1 Å². The van der Waals surface area contributed by atoms with Crippen LogP contribution in [-0.4, -0.2) is 63.1 Å². The van der Waals surface area contributed by atoms with Gasteiger partial charge in [0.25, 0.3) is 0 Å². The molecule has 1 saturated carbocycles. The van der Waals surface area contributed by atoms with Gasteiger partial charge in [-0.3, -0.25) is 0 Å². The number of aryl methyl sites for hydroxylation is 1. The molecular formula is C43H56N2O9S. The summed E-state index contributed by atoms with van der Waals surface area (Å²) in [5, 5.41) is 2.58. The summed E-state index contributed by atoms with van der Waals surface area (Å²) >= 11 is 0. The molecule has 3 aromatic rings. The largest absolute Gasteiger partial charge is 0.463 e. The fourth-order valence-corrected chi connectivity index (χ4v) is 8.36. The van der Waals surface area contributed by atoms with E-state index < -0.39 is 27.5 Å². The van der Waals surface area contributed by atoms with Gasteiger partial charge in [-0.15, -0.1) is 0 Å². The van der Waals surface area contributed by atoms with Crippen LogP contribution in [0.3, 0.4) is 0 Å². The minimum absolute atomic E-state index is 0.0805. The number of carbonyl (C=O) groups excluding carboxylic acids is 2. The molecule has 2 fully saturated rings. The van der Waals surface area contributed by atoms with E-state index in [2.05, 4.69) is 11.4 Å². The molecule has 12 heteroatoms. The van der Waals surface area contributed by atoms with Crippen molar-refractivity contribution in [2.45, 2.75) is 127 Å². The van der Waals surface area contributed by atoms with Gasteiger partial charge in [0.15, 0.2) is 0 Å². The molecule has 3 aliphatic rings. The summed E-state index contributed by atoms with van der Waals surface area (Å²) in [6.07, 6.45) is 6.89. The number of carbonyl (C=O) groups is 2. The molecule has 1 atom stereocenters. The molecule has 0 radical (unpaired) electrons. The first-order chi connectivity index (χ1) is 26.2. The fourth-order valence-electron chi connectivity index (χ4n) is 7.06. The third-order valence-electron chi connectivity index (χ3n) is 9.96. The molecule has 0 bridgehead atoms. The Balaban J connectivity index is 0.886. The third-order valence-corrected chi connectivity index (χ3v) is 11.3. The van der Waals surface area contributed by atoms with Crippen molar-refractivity contribution >= 4 is 22.3 Å². The van der Waals surface area contributed by atoms with Gasteiger partial charge in [-0.25, -0.2) is 9.59 Å². The first-order valence-corrected chi connectivity index (χ1v) is 21.1. The van der Waals surface area contributed by atoms with Crippen LogP contribution in [0.15, 0.2) is 65.6 Å². The lowest BCUT2D eigenvalue weighted by molar-refractivity contribution is -0.180. The first-order valence-electron chi connectivity index (χ1n) is 19.7. The molecular weight excluding hydrogens is 721 g/mol. The highest BCUT2D eigenvalue weighted by Crippen LogP contribution is 2.46. The predicted molar refractivity (Wildman–Crippen MR) is 209 cm³/mol. The molecule has 11 nitrogen and oxygen atoms in total. The Morgan fingerprint density at radius 1 is 0.945 bits per heavy atom. The second-order valence-corrected chi connectivity index (χ2v) is 17.8. The maximum atomic E-state index is 13.6. The molecule has 1 saturated heterocycles. The summed E-state index contributed by atoms with van der Waals surface area (Å²) < 4.78 is 55.5. The van der Waals surface area contributed by atoms with Crippen molar-refractivity contribution in [1.82, 2.24) is 10.2 Å². The van der Waals surface area contributed by atoms with Crippen LogP contribution >= 0.6 is 0 Å². The molecule has 2 heterocycles. The van der Waals surface area contributed by atoms with Crippen molar-refractivity contribution in [3.05, 3.63) is 82.9 Å². The van der Waals surface area contributed by atoms with Crippen molar-refractivity contribution in [2.24, 2.45) is 0 Å². The third kappa shape index (κ3) is 11.2. The molecule has 55 heavy (non-hydrogen) atoms. The molecule has 6 rings (SSSR count). The number of hydrogen-bond acceptors (Lipinski definition) is 9. The van der Waals surface area contributed by atoms with Gasteiger partial charge in [0.1, 0.15) is 16.7 Å². The zero-order chi connectivity index (χ0) is 39.2. The highest BCUT2D eigenvalue weighted by molar-refractivity contribution is 7.87. The predicted octanol–water partition coefficient (Wildman–Crippen LogP) is 9.18. The number of fused-ring (bicyclic) bond motifs is 1. The average Bonchev–Trinajstić information content (AvgIpc) is 3.90. The van der Waals surface area contributed by atoms with Crippen molar-refractivity contribution in [1.29, 1.82) is 0 Å². The van der Waals surface area contributed by atoms with Gasteiger partial charge >= 0.3 is 22.3 Å². The van der Waals surface area contributed by atoms with E-state index in [1.807, 2.05) is 62.4 Å². The van der Waals surface area contributed by atoms with Gasteiger partial charge < -0.3 is 33.3 Å². The van der Waals surface area contributed by atoms with Crippen molar-refractivity contribution in [3.8, 4) is 16.9 Å². The first kappa shape index (κ1) is 40.5. The highest BCUT2D eigenvalue weighted by Gasteiger charge is 2.36. The van der Waals surface area contributed by atoms with E-state index in [1.54, 1.807) is 31.7 Å². The number of hydrogen-bond donors (Lipinski definition) is 1. The van der Waals surface area contributed by atoms with Crippen LogP contribution in [0, 0.1) is 0 Å². The quantitative estimate of drug-likeness (QED) is 0.105. The molecule has 1 N–H and O–H groups in total. The minimum atomic E-state index is -4.38. The van der Waals surface area contributed by atoms with E-state index in [-0.39, 0.29) is 23.0 Å². The SMILES string of the molecule is CC(C)(C)NC(=O)OS(=O)(=O)c1c(-c2cccc(CCCCOCCCCCCN3C[C@@H](c4ccc5c(c4)COC(C)(C)O5)OC3=O)c2)cccc1C1CC1. The minimum Gasteiger partial charge on any atom is -0.463 e.